The van der Waals surface area contributed by atoms with Crippen LogP contribution in [0.1, 0.15) is 65.5 Å². The zero-order chi connectivity index (χ0) is 15.5. The fraction of sp³-hybridized carbons (Fsp3) is 0.684. The molecule has 0 bridgehead atoms. The van der Waals surface area contributed by atoms with E-state index in [1.54, 1.807) is 0 Å². The van der Waals surface area contributed by atoms with E-state index in [0.717, 1.165) is 18.3 Å². The second-order valence-electron chi connectivity index (χ2n) is 7.38. The van der Waals surface area contributed by atoms with Crippen LogP contribution in [0.3, 0.4) is 0 Å². The number of benzene rings is 1. The first kappa shape index (κ1) is 16.4. The molecule has 2 heteroatoms. The smallest absolute Gasteiger partial charge is 0.119 e. The quantitative estimate of drug-likeness (QED) is 0.828. The summed E-state index contributed by atoms with van der Waals surface area (Å²) in [6.45, 7) is 12.2. The van der Waals surface area contributed by atoms with E-state index in [1.807, 2.05) is 6.92 Å². The maximum absolute atomic E-state index is 5.51. The maximum atomic E-state index is 5.51. The largest absolute Gasteiger partial charge is 0.494 e. The van der Waals surface area contributed by atoms with E-state index in [1.165, 1.54) is 24.8 Å². The molecule has 2 rings (SSSR count). The Kier molecular flexibility index (Phi) is 5.32. The van der Waals surface area contributed by atoms with Crippen molar-refractivity contribution in [3.8, 4) is 5.75 Å². The van der Waals surface area contributed by atoms with E-state index in [2.05, 4.69) is 57.3 Å². The van der Waals surface area contributed by atoms with Crippen LogP contribution < -0.4 is 10.1 Å². The minimum atomic E-state index is 0.398. The molecule has 1 aliphatic rings. The van der Waals surface area contributed by atoms with Gasteiger partial charge in [0.05, 0.1) is 6.61 Å². The summed E-state index contributed by atoms with van der Waals surface area (Å²) in [6, 6.07) is 9.55. The van der Waals surface area contributed by atoms with E-state index >= 15 is 0 Å². The van der Waals surface area contributed by atoms with E-state index in [9.17, 15) is 0 Å². The molecule has 1 N–H and O–H groups in total. The van der Waals surface area contributed by atoms with Crippen LogP contribution in [0.25, 0.3) is 0 Å². The zero-order valence-corrected chi connectivity index (χ0v) is 14.3. The molecule has 0 aromatic heterocycles. The highest BCUT2D eigenvalue weighted by Gasteiger charge is 2.32. The van der Waals surface area contributed by atoms with Gasteiger partial charge in [0.15, 0.2) is 0 Å². The van der Waals surface area contributed by atoms with Crippen molar-refractivity contribution < 1.29 is 4.74 Å². The Morgan fingerprint density at radius 3 is 2.52 bits per heavy atom. The molecule has 1 saturated carbocycles. The normalized spacial score (nSPS) is 26.3. The monoisotopic (exact) mass is 289 g/mol. The average molecular weight is 289 g/mol. The van der Waals surface area contributed by atoms with Crippen LogP contribution in [-0.4, -0.2) is 12.6 Å². The lowest BCUT2D eigenvalue weighted by atomic mass is 9.70. The van der Waals surface area contributed by atoms with Crippen LogP contribution in [0.5, 0.6) is 5.75 Å². The lowest BCUT2D eigenvalue weighted by molar-refractivity contribution is 0.143. The lowest BCUT2D eigenvalue weighted by Crippen LogP contribution is -2.42. The minimum absolute atomic E-state index is 0.398. The van der Waals surface area contributed by atoms with Crippen molar-refractivity contribution in [2.45, 2.75) is 66.0 Å². The van der Waals surface area contributed by atoms with Gasteiger partial charge in [-0.2, -0.15) is 0 Å². The first-order valence-electron chi connectivity index (χ1n) is 8.40. The third-order valence-electron chi connectivity index (χ3n) is 4.85. The average Bonchev–Trinajstić information content (AvgIpc) is 2.42. The van der Waals surface area contributed by atoms with Gasteiger partial charge in [0, 0.05) is 12.1 Å². The van der Waals surface area contributed by atoms with Crippen molar-refractivity contribution in [2.75, 3.05) is 6.61 Å². The fourth-order valence-electron chi connectivity index (χ4n) is 3.63. The van der Waals surface area contributed by atoms with Gasteiger partial charge in [0.1, 0.15) is 5.75 Å². The third-order valence-corrected chi connectivity index (χ3v) is 4.85. The second kappa shape index (κ2) is 6.83. The van der Waals surface area contributed by atoms with Crippen molar-refractivity contribution in [1.82, 2.24) is 5.32 Å². The van der Waals surface area contributed by atoms with Crippen molar-refractivity contribution in [3.05, 3.63) is 29.8 Å². The summed E-state index contributed by atoms with van der Waals surface area (Å²) >= 11 is 0. The summed E-state index contributed by atoms with van der Waals surface area (Å²) in [7, 11) is 0. The van der Waals surface area contributed by atoms with E-state index in [0.29, 0.717) is 17.5 Å². The number of hydrogen-bond acceptors (Lipinski definition) is 2. The van der Waals surface area contributed by atoms with E-state index in [-0.39, 0.29) is 0 Å². The standard InChI is InChI=1S/C19H31NO/c1-6-21-17-9-7-16(8-10-17)15(3)20-18-11-12-19(4,5)13-14(18)2/h7-10,14-15,18,20H,6,11-13H2,1-5H3. The van der Waals surface area contributed by atoms with Gasteiger partial charge in [-0.05, 0) is 62.1 Å². The molecule has 21 heavy (non-hydrogen) atoms. The van der Waals surface area contributed by atoms with Gasteiger partial charge >= 0.3 is 0 Å². The summed E-state index contributed by atoms with van der Waals surface area (Å²) < 4.78 is 5.51. The van der Waals surface area contributed by atoms with E-state index in [4.69, 9.17) is 4.74 Å². The summed E-state index contributed by atoms with van der Waals surface area (Å²) in [6.07, 6.45) is 3.93. The molecule has 0 saturated heterocycles. The Bertz CT molecular complexity index is 437. The van der Waals surface area contributed by atoms with Crippen molar-refractivity contribution >= 4 is 0 Å². The van der Waals surface area contributed by atoms with Crippen LogP contribution in [0.15, 0.2) is 24.3 Å². The molecule has 3 unspecified atom stereocenters. The molecule has 0 radical (unpaired) electrons. The highest BCUT2D eigenvalue weighted by molar-refractivity contribution is 5.29. The van der Waals surface area contributed by atoms with Crippen LogP contribution in [0.2, 0.25) is 0 Å². The lowest BCUT2D eigenvalue weighted by Gasteiger charge is -2.40. The Morgan fingerprint density at radius 1 is 1.29 bits per heavy atom. The SMILES string of the molecule is CCOc1ccc(C(C)NC2CCC(C)(C)CC2C)cc1. The number of rotatable bonds is 5. The minimum Gasteiger partial charge on any atom is -0.494 e. The molecule has 1 fully saturated rings. The van der Waals surface area contributed by atoms with Crippen LogP contribution in [0, 0.1) is 11.3 Å². The molecule has 0 aliphatic heterocycles. The fourth-order valence-corrected chi connectivity index (χ4v) is 3.63. The molecule has 3 atom stereocenters. The van der Waals surface area contributed by atoms with Crippen LogP contribution in [-0.2, 0) is 0 Å². The molecule has 2 nitrogen and oxygen atoms in total. The molecule has 1 aromatic carbocycles. The molecule has 0 spiro atoms. The van der Waals surface area contributed by atoms with Crippen molar-refractivity contribution in [1.29, 1.82) is 0 Å². The number of nitrogens with one attached hydrogen (secondary N) is 1. The highest BCUT2D eigenvalue weighted by Crippen LogP contribution is 2.39. The molecule has 0 amide bonds. The first-order valence-corrected chi connectivity index (χ1v) is 8.40. The Labute approximate surface area is 130 Å². The van der Waals surface area contributed by atoms with Crippen molar-refractivity contribution in [3.63, 3.8) is 0 Å². The van der Waals surface area contributed by atoms with Gasteiger partial charge in [-0.3, -0.25) is 0 Å². The predicted molar refractivity (Wildman–Crippen MR) is 89.7 cm³/mol. The van der Waals surface area contributed by atoms with Gasteiger partial charge in [-0.1, -0.05) is 32.9 Å². The zero-order valence-electron chi connectivity index (χ0n) is 14.3. The Hall–Kier alpha value is -1.02. The van der Waals surface area contributed by atoms with Crippen LogP contribution in [0.4, 0.5) is 0 Å². The van der Waals surface area contributed by atoms with Crippen molar-refractivity contribution in [2.24, 2.45) is 11.3 Å². The number of hydrogen-bond donors (Lipinski definition) is 1. The molecule has 1 aromatic rings. The predicted octanol–water partition coefficient (Wildman–Crippen LogP) is 4.95. The molecular formula is C19H31NO. The highest BCUT2D eigenvalue weighted by atomic mass is 16.5. The van der Waals surface area contributed by atoms with Gasteiger partial charge in [0.25, 0.3) is 0 Å². The Balaban J connectivity index is 1.93. The molecular weight excluding hydrogens is 258 g/mol. The second-order valence-corrected chi connectivity index (χ2v) is 7.38. The topological polar surface area (TPSA) is 21.3 Å². The van der Waals surface area contributed by atoms with Gasteiger partial charge < -0.3 is 10.1 Å². The molecule has 0 heterocycles. The van der Waals surface area contributed by atoms with Gasteiger partial charge in [0.2, 0.25) is 0 Å². The first-order chi connectivity index (χ1) is 9.91. The van der Waals surface area contributed by atoms with Gasteiger partial charge in [-0.15, -0.1) is 0 Å². The summed E-state index contributed by atoms with van der Waals surface area (Å²) in [4.78, 5) is 0. The van der Waals surface area contributed by atoms with Crippen LogP contribution >= 0.6 is 0 Å². The van der Waals surface area contributed by atoms with Gasteiger partial charge in [-0.25, -0.2) is 0 Å². The summed E-state index contributed by atoms with van der Waals surface area (Å²) in [5.74, 6) is 1.71. The summed E-state index contributed by atoms with van der Waals surface area (Å²) in [5.41, 5.74) is 1.86. The third kappa shape index (κ3) is 4.47. The summed E-state index contributed by atoms with van der Waals surface area (Å²) in [5, 5.41) is 3.83. The van der Waals surface area contributed by atoms with E-state index < -0.39 is 0 Å². The number of ether oxygens (including phenoxy) is 1. The maximum Gasteiger partial charge on any atom is 0.119 e. The molecule has 118 valence electrons. The Morgan fingerprint density at radius 2 is 1.95 bits per heavy atom. The molecule has 1 aliphatic carbocycles.